The molecule has 1 unspecified atom stereocenters. The standard InChI is InChI=1S/C20H27F3N6/c1-2-24-19(27-17-9-11-28(14-17)15-20(21,22)23)25-10-8-16-12-26-29(13-16)18-6-4-3-5-7-18/h3-7,12-13,17H,2,8-11,14-15H2,1H3,(H2,24,25,27). The second-order valence-corrected chi connectivity index (χ2v) is 7.12. The first-order chi connectivity index (χ1) is 13.9. The summed E-state index contributed by atoms with van der Waals surface area (Å²) in [5, 5.41) is 10.8. The molecule has 1 aromatic heterocycles. The summed E-state index contributed by atoms with van der Waals surface area (Å²) in [4.78, 5) is 6.00. The van der Waals surface area contributed by atoms with Crippen LogP contribution in [0.1, 0.15) is 18.9 Å². The van der Waals surface area contributed by atoms with Crippen LogP contribution < -0.4 is 10.6 Å². The lowest BCUT2D eigenvalue weighted by atomic mass is 10.2. The van der Waals surface area contributed by atoms with Crippen molar-refractivity contribution in [3.63, 3.8) is 0 Å². The van der Waals surface area contributed by atoms with E-state index in [2.05, 4.69) is 20.7 Å². The minimum atomic E-state index is -4.16. The largest absolute Gasteiger partial charge is 0.401 e. The van der Waals surface area contributed by atoms with E-state index in [1.165, 1.54) is 4.90 Å². The van der Waals surface area contributed by atoms with E-state index < -0.39 is 12.7 Å². The predicted octanol–water partition coefficient (Wildman–Crippen LogP) is 2.61. The number of alkyl halides is 3. The predicted molar refractivity (Wildman–Crippen MR) is 107 cm³/mol. The summed E-state index contributed by atoms with van der Waals surface area (Å²) in [6.45, 7) is 3.17. The summed E-state index contributed by atoms with van der Waals surface area (Å²) in [5.74, 6) is 0.641. The molecule has 0 saturated carbocycles. The number of hydrogen-bond donors (Lipinski definition) is 2. The van der Waals surface area contributed by atoms with Crippen molar-refractivity contribution in [3.05, 3.63) is 48.3 Å². The first-order valence-corrected chi connectivity index (χ1v) is 9.86. The molecule has 1 fully saturated rings. The number of aliphatic imine (C=N–C) groups is 1. The van der Waals surface area contributed by atoms with Gasteiger partial charge in [-0.05, 0) is 37.5 Å². The fourth-order valence-corrected chi connectivity index (χ4v) is 3.37. The van der Waals surface area contributed by atoms with Crippen LogP contribution in [0.2, 0.25) is 0 Å². The van der Waals surface area contributed by atoms with Gasteiger partial charge >= 0.3 is 6.18 Å². The van der Waals surface area contributed by atoms with E-state index in [9.17, 15) is 13.2 Å². The second-order valence-electron chi connectivity index (χ2n) is 7.12. The van der Waals surface area contributed by atoms with Crippen molar-refractivity contribution in [1.82, 2.24) is 25.3 Å². The van der Waals surface area contributed by atoms with Crippen molar-refractivity contribution >= 4 is 5.96 Å². The van der Waals surface area contributed by atoms with Crippen LogP contribution in [-0.4, -0.2) is 65.6 Å². The summed E-state index contributed by atoms with van der Waals surface area (Å²) in [7, 11) is 0. The third-order valence-electron chi connectivity index (χ3n) is 4.69. The number of halogens is 3. The number of para-hydroxylation sites is 1. The van der Waals surface area contributed by atoms with Crippen molar-refractivity contribution in [2.24, 2.45) is 4.99 Å². The molecule has 1 aliphatic heterocycles. The highest BCUT2D eigenvalue weighted by Crippen LogP contribution is 2.19. The van der Waals surface area contributed by atoms with Crippen molar-refractivity contribution in [2.45, 2.75) is 32.0 Å². The number of benzene rings is 1. The molecule has 9 heteroatoms. The summed E-state index contributed by atoms with van der Waals surface area (Å²) in [6.07, 6.45) is 1.06. The van der Waals surface area contributed by atoms with Crippen LogP contribution in [-0.2, 0) is 6.42 Å². The molecule has 0 aliphatic carbocycles. The van der Waals surface area contributed by atoms with Crippen LogP contribution >= 0.6 is 0 Å². The first-order valence-electron chi connectivity index (χ1n) is 9.86. The third kappa shape index (κ3) is 6.77. The summed E-state index contributed by atoms with van der Waals surface area (Å²) in [6, 6.07) is 9.85. The Bertz CT molecular complexity index is 787. The van der Waals surface area contributed by atoms with Crippen LogP contribution in [0.3, 0.4) is 0 Å². The second kappa shape index (κ2) is 9.78. The quantitative estimate of drug-likeness (QED) is 0.546. The van der Waals surface area contributed by atoms with Crippen LogP contribution in [0.5, 0.6) is 0 Å². The number of nitrogens with zero attached hydrogens (tertiary/aromatic N) is 4. The highest BCUT2D eigenvalue weighted by atomic mass is 19.4. The molecular weight excluding hydrogens is 381 g/mol. The molecule has 0 bridgehead atoms. The highest BCUT2D eigenvalue weighted by Gasteiger charge is 2.34. The van der Waals surface area contributed by atoms with Crippen molar-refractivity contribution in [3.8, 4) is 5.69 Å². The van der Waals surface area contributed by atoms with E-state index in [-0.39, 0.29) is 6.04 Å². The Hall–Kier alpha value is -2.55. The number of rotatable bonds is 7. The topological polar surface area (TPSA) is 57.5 Å². The number of guanidine groups is 1. The molecule has 2 heterocycles. The van der Waals surface area contributed by atoms with Gasteiger partial charge in [0, 0.05) is 38.4 Å². The van der Waals surface area contributed by atoms with Gasteiger partial charge in [-0.15, -0.1) is 0 Å². The molecule has 29 heavy (non-hydrogen) atoms. The lowest BCUT2D eigenvalue weighted by molar-refractivity contribution is -0.143. The number of hydrogen-bond acceptors (Lipinski definition) is 3. The maximum atomic E-state index is 12.6. The Morgan fingerprint density at radius 1 is 1.28 bits per heavy atom. The monoisotopic (exact) mass is 408 g/mol. The minimum Gasteiger partial charge on any atom is -0.357 e. The van der Waals surface area contributed by atoms with E-state index >= 15 is 0 Å². The number of nitrogens with one attached hydrogen (secondary N) is 2. The zero-order valence-electron chi connectivity index (χ0n) is 16.5. The maximum absolute atomic E-state index is 12.6. The molecule has 0 amide bonds. The van der Waals surface area contributed by atoms with Gasteiger partial charge in [-0.25, -0.2) is 4.68 Å². The number of aromatic nitrogens is 2. The van der Waals surface area contributed by atoms with Crippen molar-refractivity contribution in [1.29, 1.82) is 0 Å². The van der Waals surface area contributed by atoms with Crippen LogP contribution in [0.25, 0.3) is 5.69 Å². The van der Waals surface area contributed by atoms with Crippen LogP contribution in [0.4, 0.5) is 13.2 Å². The molecule has 2 N–H and O–H groups in total. The van der Waals surface area contributed by atoms with Gasteiger partial charge in [-0.3, -0.25) is 9.89 Å². The first kappa shape index (κ1) is 21.2. The molecule has 0 radical (unpaired) electrons. The molecule has 1 aromatic carbocycles. The molecule has 1 saturated heterocycles. The SMILES string of the molecule is CCNC(=NCCc1cnn(-c2ccccc2)c1)NC1CCN(CC(F)(F)F)C1. The van der Waals surface area contributed by atoms with Gasteiger partial charge in [0.25, 0.3) is 0 Å². The summed E-state index contributed by atoms with van der Waals surface area (Å²) in [5.41, 5.74) is 2.08. The Kier molecular flexibility index (Phi) is 7.13. The van der Waals surface area contributed by atoms with E-state index in [0.29, 0.717) is 38.6 Å². The van der Waals surface area contributed by atoms with Crippen molar-refractivity contribution < 1.29 is 13.2 Å². The average Bonchev–Trinajstić information content (AvgIpc) is 3.31. The van der Waals surface area contributed by atoms with Crippen molar-refractivity contribution in [2.75, 3.05) is 32.7 Å². The fourth-order valence-electron chi connectivity index (χ4n) is 3.37. The Balaban J connectivity index is 1.50. The average molecular weight is 408 g/mol. The van der Waals surface area contributed by atoms with Gasteiger partial charge in [0.2, 0.25) is 0 Å². The van der Waals surface area contributed by atoms with E-state index in [1.807, 2.05) is 54.3 Å². The molecule has 1 atom stereocenters. The normalized spacial score (nSPS) is 18.2. The van der Waals surface area contributed by atoms with E-state index in [4.69, 9.17) is 0 Å². The summed E-state index contributed by atoms with van der Waals surface area (Å²) >= 11 is 0. The molecule has 1 aliphatic rings. The minimum absolute atomic E-state index is 0.0315. The number of likely N-dealkylation sites (tertiary alicyclic amines) is 1. The Morgan fingerprint density at radius 2 is 2.07 bits per heavy atom. The van der Waals surface area contributed by atoms with Gasteiger partial charge in [0.05, 0.1) is 18.4 Å². The Morgan fingerprint density at radius 3 is 2.79 bits per heavy atom. The molecule has 3 rings (SSSR count). The van der Waals surface area contributed by atoms with Gasteiger partial charge in [-0.2, -0.15) is 18.3 Å². The van der Waals surface area contributed by atoms with Gasteiger partial charge in [0.15, 0.2) is 5.96 Å². The van der Waals surface area contributed by atoms with E-state index in [1.54, 1.807) is 0 Å². The lowest BCUT2D eigenvalue weighted by Gasteiger charge is -2.19. The van der Waals surface area contributed by atoms with Crippen LogP contribution in [0, 0.1) is 0 Å². The van der Waals surface area contributed by atoms with E-state index in [0.717, 1.165) is 17.7 Å². The lowest BCUT2D eigenvalue weighted by Crippen LogP contribution is -2.45. The van der Waals surface area contributed by atoms with Gasteiger partial charge in [0.1, 0.15) is 0 Å². The fraction of sp³-hybridized carbons (Fsp3) is 0.500. The zero-order valence-corrected chi connectivity index (χ0v) is 16.5. The van der Waals surface area contributed by atoms with Gasteiger partial charge in [-0.1, -0.05) is 18.2 Å². The van der Waals surface area contributed by atoms with Gasteiger partial charge < -0.3 is 10.6 Å². The highest BCUT2D eigenvalue weighted by molar-refractivity contribution is 5.80. The smallest absolute Gasteiger partial charge is 0.357 e. The molecular formula is C20H27F3N6. The van der Waals surface area contributed by atoms with Crippen LogP contribution in [0.15, 0.2) is 47.7 Å². The molecule has 0 spiro atoms. The Labute approximate surface area is 168 Å². The molecule has 2 aromatic rings. The summed E-state index contributed by atoms with van der Waals surface area (Å²) < 4.78 is 39.5. The third-order valence-corrected chi connectivity index (χ3v) is 4.69. The molecule has 158 valence electrons. The zero-order chi connectivity index (χ0) is 20.7. The maximum Gasteiger partial charge on any atom is 0.401 e. The molecule has 6 nitrogen and oxygen atoms in total.